The number of esters is 1. The number of carbonyl (C=O) groups is 4. The summed E-state index contributed by atoms with van der Waals surface area (Å²) in [6.45, 7) is 15.7. The normalized spacial score (nSPS) is 22.7. The lowest BCUT2D eigenvalue weighted by Crippen LogP contribution is -2.64. The van der Waals surface area contributed by atoms with Gasteiger partial charge in [-0.1, -0.05) is 25.1 Å². The first-order valence-corrected chi connectivity index (χ1v) is 17.7. The second-order valence-electron chi connectivity index (χ2n) is 15.0. The molecule has 3 heterocycles. The van der Waals surface area contributed by atoms with Gasteiger partial charge in [-0.05, 0) is 70.0 Å². The number of benzene rings is 2. The van der Waals surface area contributed by atoms with Crippen molar-refractivity contribution in [1.29, 1.82) is 0 Å². The van der Waals surface area contributed by atoms with E-state index in [1.807, 2.05) is 33.8 Å². The van der Waals surface area contributed by atoms with Crippen LogP contribution in [0, 0.1) is 5.82 Å². The number of rotatable bonds is 9. The molecule has 2 aromatic carbocycles. The summed E-state index contributed by atoms with van der Waals surface area (Å²) < 4.78 is 29.8. The number of carbonyl (C=O) groups excluding carboxylic acids is 4. The van der Waals surface area contributed by atoms with Gasteiger partial charge in [0, 0.05) is 74.6 Å². The topological polar surface area (TPSA) is 112 Å². The third-order valence-corrected chi connectivity index (χ3v) is 9.85. The van der Waals surface area contributed by atoms with E-state index in [0.717, 1.165) is 12.1 Å². The molecule has 4 atom stereocenters. The number of morpholine rings is 1. The van der Waals surface area contributed by atoms with E-state index < -0.39 is 23.3 Å². The van der Waals surface area contributed by atoms with Crippen LogP contribution in [0.25, 0.3) is 0 Å². The van der Waals surface area contributed by atoms with Crippen molar-refractivity contribution in [3.05, 3.63) is 65.0 Å². The highest BCUT2D eigenvalue weighted by atomic mass is 19.1. The van der Waals surface area contributed by atoms with Crippen LogP contribution in [0.3, 0.4) is 0 Å². The molecule has 2 unspecified atom stereocenters. The van der Waals surface area contributed by atoms with Crippen molar-refractivity contribution < 1.29 is 37.8 Å². The van der Waals surface area contributed by atoms with Crippen molar-refractivity contribution in [2.75, 3.05) is 71.0 Å². The molecule has 0 aromatic heterocycles. The van der Waals surface area contributed by atoms with E-state index in [0.29, 0.717) is 56.2 Å². The van der Waals surface area contributed by atoms with Gasteiger partial charge in [-0.2, -0.15) is 0 Å². The minimum Gasteiger partial charge on any atom is -0.468 e. The van der Waals surface area contributed by atoms with Crippen LogP contribution in [-0.2, 0) is 30.3 Å². The Morgan fingerprint density at radius 3 is 2.35 bits per heavy atom. The molecule has 2 fully saturated rings. The van der Waals surface area contributed by atoms with Gasteiger partial charge in [-0.25, -0.2) is 9.18 Å². The first kappa shape index (κ1) is 38.2. The number of anilines is 1. The van der Waals surface area contributed by atoms with Crippen molar-refractivity contribution in [2.24, 2.45) is 0 Å². The maximum absolute atomic E-state index is 14.3. The summed E-state index contributed by atoms with van der Waals surface area (Å²) in [4.78, 5) is 63.1. The third-order valence-electron chi connectivity index (χ3n) is 9.85. The van der Waals surface area contributed by atoms with Crippen LogP contribution >= 0.6 is 0 Å². The zero-order valence-electron chi connectivity index (χ0n) is 30.9. The van der Waals surface area contributed by atoms with E-state index in [1.54, 1.807) is 34.1 Å². The van der Waals surface area contributed by atoms with E-state index in [1.165, 1.54) is 24.1 Å². The number of halogens is 1. The number of fused-ring (bicyclic) bond motifs is 1. The second-order valence-corrected chi connectivity index (χ2v) is 15.0. The highest BCUT2D eigenvalue weighted by Crippen LogP contribution is 2.37. The number of ether oxygens (including phenoxy) is 3. The van der Waals surface area contributed by atoms with Crippen LogP contribution in [-0.4, -0.2) is 133 Å². The van der Waals surface area contributed by atoms with Gasteiger partial charge >= 0.3 is 12.1 Å². The average Bonchev–Trinajstić information content (AvgIpc) is 3.41. The van der Waals surface area contributed by atoms with Gasteiger partial charge in [-0.15, -0.1) is 0 Å². The van der Waals surface area contributed by atoms with E-state index >= 15 is 0 Å². The molecule has 0 aliphatic carbocycles. The fraction of sp³-hybridized carbons (Fsp3) is 0.579. The summed E-state index contributed by atoms with van der Waals surface area (Å²) >= 11 is 0. The molecule has 278 valence electrons. The number of piperazine rings is 1. The van der Waals surface area contributed by atoms with Gasteiger partial charge in [0.15, 0.2) is 0 Å². The zero-order chi connectivity index (χ0) is 37.0. The molecule has 5 rings (SSSR count). The lowest BCUT2D eigenvalue weighted by molar-refractivity contribution is -0.141. The van der Waals surface area contributed by atoms with Crippen molar-refractivity contribution in [3.8, 4) is 0 Å². The van der Waals surface area contributed by atoms with Gasteiger partial charge in [0.25, 0.3) is 5.91 Å². The Morgan fingerprint density at radius 1 is 0.961 bits per heavy atom. The average molecular weight is 710 g/mol. The minimum atomic E-state index is -0.629. The van der Waals surface area contributed by atoms with Gasteiger partial charge in [0.1, 0.15) is 18.0 Å². The fourth-order valence-electron chi connectivity index (χ4n) is 7.06. The Kier molecular flexibility index (Phi) is 12.0. The summed E-state index contributed by atoms with van der Waals surface area (Å²) in [6.07, 6.45) is -0.360. The maximum Gasteiger partial charge on any atom is 0.410 e. The molecular weight excluding hydrogens is 657 g/mol. The molecule has 0 saturated carbocycles. The Bertz CT molecular complexity index is 1580. The zero-order valence-corrected chi connectivity index (χ0v) is 30.9. The minimum absolute atomic E-state index is 0.0476. The van der Waals surface area contributed by atoms with E-state index in [4.69, 9.17) is 14.2 Å². The predicted molar refractivity (Wildman–Crippen MR) is 190 cm³/mol. The Morgan fingerprint density at radius 2 is 1.69 bits per heavy atom. The maximum atomic E-state index is 14.3. The van der Waals surface area contributed by atoms with Crippen LogP contribution < -0.4 is 4.90 Å². The lowest BCUT2D eigenvalue weighted by atomic mass is 10.0. The smallest absolute Gasteiger partial charge is 0.410 e. The van der Waals surface area contributed by atoms with E-state index in [-0.39, 0.29) is 55.7 Å². The molecule has 13 heteroatoms. The van der Waals surface area contributed by atoms with Crippen LogP contribution in [0.2, 0.25) is 0 Å². The van der Waals surface area contributed by atoms with Crippen molar-refractivity contribution in [2.45, 2.75) is 77.7 Å². The predicted octanol–water partition coefficient (Wildman–Crippen LogP) is 4.12. The van der Waals surface area contributed by atoms with Crippen molar-refractivity contribution in [1.82, 2.24) is 19.6 Å². The summed E-state index contributed by atoms with van der Waals surface area (Å²) in [5.41, 5.74) is 1.97. The first-order chi connectivity index (χ1) is 24.1. The molecule has 3 aliphatic rings. The highest BCUT2D eigenvalue weighted by molar-refractivity contribution is 6.01. The summed E-state index contributed by atoms with van der Waals surface area (Å²) in [6, 6.07) is 11.0. The molecular formula is C38H52FN5O7. The molecule has 51 heavy (non-hydrogen) atoms. The molecule has 0 N–H and O–H groups in total. The first-order valence-electron chi connectivity index (χ1n) is 17.7. The molecule has 3 aliphatic heterocycles. The monoisotopic (exact) mass is 709 g/mol. The molecule has 2 saturated heterocycles. The van der Waals surface area contributed by atoms with Crippen LogP contribution in [0.1, 0.15) is 68.9 Å². The SMILES string of the molecule is COC(=O)CN(Cc1ccc(F)cc1)C(=O)c1ccc2c(c1)N(C(=O)CN1CC(C)N(C(=O)OC(C)(C)C)CC1CN1CCOC[C@H]1C)C[C@@H]2C. The standard InChI is InChI=1S/C38H52FN5O7/c1-25-17-44(33-16-29(10-13-32(25)33)36(47)42(23-35(46)49-7)19-28-8-11-30(39)12-9-28)34(45)22-41-18-26(2)43(37(48)51-38(4,5)6)21-31(41)20-40-14-15-50-24-27(40)3/h8-13,16,25-27,31H,14-15,17-24H2,1-7H3/t25-,26?,27+,31?/m0/s1. The Balaban J connectivity index is 1.36. The highest BCUT2D eigenvalue weighted by Gasteiger charge is 2.40. The van der Waals surface area contributed by atoms with Crippen LogP contribution in [0.5, 0.6) is 0 Å². The van der Waals surface area contributed by atoms with Crippen LogP contribution in [0.15, 0.2) is 42.5 Å². The van der Waals surface area contributed by atoms with Gasteiger partial charge < -0.3 is 28.9 Å². The number of nitrogens with zero attached hydrogens (tertiary/aromatic N) is 5. The Labute approximate surface area is 300 Å². The number of hydrogen-bond acceptors (Lipinski definition) is 9. The van der Waals surface area contributed by atoms with Gasteiger partial charge in [0.05, 0.1) is 26.9 Å². The largest absolute Gasteiger partial charge is 0.468 e. The van der Waals surface area contributed by atoms with Gasteiger partial charge in [0.2, 0.25) is 5.91 Å². The van der Waals surface area contributed by atoms with E-state index in [2.05, 4.69) is 23.6 Å². The summed E-state index contributed by atoms with van der Waals surface area (Å²) in [5, 5.41) is 0. The van der Waals surface area contributed by atoms with Crippen molar-refractivity contribution >= 4 is 29.6 Å². The lowest BCUT2D eigenvalue weighted by Gasteiger charge is -2.47. The molecule has 3 amide bonds. The number of amides is 3. The summed E-state index contributed by atoms with van der Waals surface area (Å²) in [5.74, 6) is -1.44. The Hall–Kier alpha value is -4.07. The quantitative estimate of drug-likeness (QED) is 0.355. The molecule has 0 radical (unpaired) electrons. The third kappa shape index (κ3) is 9.43. The number of hydrogen-bond donors (Lipinski definition) is 0. The van der Waals surface area contributed by atoms with Crippen molar-refractivity contribution in [3.63, 3.8) is 0 Å². The molecule has 2 aromatic rings. The molecule has 0 bridgehead atoms. The van der Waals surface area contributed by atoms with E-state index in [9.17, 15) is 23.6 Å². The molecule has 12 nitrogen and oxygen atoms in total. The second kappa shape index (κ2) is 16.1. The van der Waals surface area contributed by atoms with Gasteiger partial charge in [-0.3, -0.25) is 24.2 Å². The van der Waals surface area contributed by atoms with Crippen LogP contribution in [0.4, 0.5) is 14.9 Å². The molecule has 0 spiro atoms. The fourth-order valence-corrected chi connectivity index (χ4v) is 7.06. The number of methoxy groups -OCH3 is 1. The summed E-state index contributed by atoms with van der Waals surface area (Å²) in [7, 11) is 1.26.